The van der Waals surface area contributed by atoms with Gasteiger partial charge < -0.3 is 4.98 Å². The molecule has 0 aliphatic rings. The van der Waals surface area contributed by atoms with Crippen LogP contribution < -0.4 is 5.56 Å². The minimum atomic E-state index is -0.585. The van der Waals surface area contributed by atoms with Gasteiger partial charge in [0.25, 0.3) is 5.56 Å². The van der Waals surface area contributed by atoms with Gasteiger partial charge in [0.15, 0.2) is 5.82 Å². The Labute approximate surface area is 134 Å². The summed E-state index contributed by atoms with van der Waals surface area (Å²) in [6.07, 6.45) is 0. The van der Waals surface area contributed by atoms with Crippen LogP contribution in [0.25, 0.3) is 11.4 Å². The maximum atomic E-state index is 14.1. The fourth-order valence-corrected chi connectivity index (χ4v) is 3.01. The molecule has 1 heterocycles. The number of hydrogen-bond acceptors (Lipinski definition) is 2. The first kappa shape index (κ1) is 15.4. The molecule has 0 fully saturated rings. The molecule has 0 saturated heterocycles. The number of H-pyrrole nitrogens is 1. The highest BCUT2D eigenvalue weighted by atomic mass is 127. The van der Waals surface area contributed by atoms with Crippen LogP contribution >= 0.6 is 34.2 Å². The highest BCUT2D eigenvalue weighted by molar-refractivity contribution is 14.1. The fraction of sp³-hybridized carbons (Fsp3) is 0.286. The van der Waals surface area contributed by atoms with Gasteiger partial charge in [-0.2, -0.15) is 0 Å². The Morgan fingerprint density at radius 2 is 2.00 bits per heavy atom. The van der Waals surface area contributed by atoms with E-state index in [1.807, 2.05) is 43.4 Å². The zero-order valence-corrected chi connectivity index (χ0v) is 14.1. The summed E-state index contributed by atoms with van der Waals surface area (Å²) in [4.78, 5) is 19.0. The number of hydrogen-bond donors (Lipinski definition) is 1. The molecule has 0 radical (unpaired) electrons. The molecule has 0 aliphatic carbocycles. The first-order valence-electron chi connectivity index (χ1n) is 5.96. The van der Waals surface area contributed by atoms with Gasteiger partial charge in [-0.15, -0.1) is 0 Å². The fourth-order valence-electron chi connectivity index (χ4n) is 1.77. The molecule has 6 heteroatoms. The second-order valence-corrected chi connectivity index (χ2v) is 6.91. The van der Waals surface area contributed by atoms with Gasteiger partial charge in [0.1, 0.15) is 9.39 Å². The van der Waals surface area contributed by atoms with Gasteiger partial charge in [-0.25, -0.2) is 9.37 Å². The van der Waals surface area contributed by atoms with Crippen molar-refractivity contribution in [2.24, 2.45) is 0 Å². The standard InChI is InChI=1S/C14H13ClFIN2O/c1-14(2,3)11-10(17)13(20)19-12(18-11)7-5-4-6-8(15)9(7)16/h4-6H,1-3H3,(H,18,19,20). The summed E-state index contributed by atoms with van der Waals surface area (Å²) in [6, 6.07) is 4.62. The summed E-state index contributed by atoms with van der Waals surface area (Å²) in [5, 5.41) is 0.000933. The highest BCUT2D eigenvalue weighted by Gasteiger charge is 2.23. The van der Waals surface area contributed by atoms with E-state index in [0.717, 1.165) is 0 Å². The average Bonchev–Trinajstić information content (AvgIpc) is 2.34. The Morgan fingerprint density at radius 3 is 2.60 bits per heavy atom. The second kappa shape index (κ2) is 5.44. The van der Waals surface area contributed by atoms with Crippen LogP contribution in [0.1, 0.15) is 26.5 Å². The van der Waals surface area contributed by atoms with Crippen LogP contribution in [0.15, 0.2) is 23.0 Å². The summed E-state index contributed by atoms with van der Waals surface area (Å²) >= 11 is 7.72. The first-order chi connectivity index (χ1) is 9.21. The lowest BCUT2D eigenvalue weighted by molar-refractivity contribution is 0.561. The monoisotopic (exact) mass is 406 g/mol. The van der Waals surface area contributed by atoms with Crippen molar-refractivity contribution in [1.82, 2.24) is 9.97 Å². The molecule has 0 atom stereocenters. The third-order valence-corrected chi connectivity index (χ3v) is 4.07. The summed E-state index contributed by atoms with van der Waals surface area (Å²) in [7, 11) is 0. The molecule has 0 spiro atoms. The normalized spacial score (nSPS) is 11.7. The molecule has 20 heavy (non-hydrogen) atoms. The number of nitrogens with one attached hydrogen (secondary N) is 1. The number of aromatic amines is 1. The lowest BCUT2D eigenvalue weighted by atomic mass is 9.92. The molecule has 0 aliphatic heterocycles. The summed E-state index contributed by atoms with van der Waals surface area (Å²) in [6.45, 7) is 5.86. The van der Waals surface area contributed by atoms with E-state index in [-0.39, 0.29) is 27.4 Å². The minimum Gasteiger partial charge on any atom is -0.306 e. The van der Waals surface area contributed by atoms with E-state index in [0.29, 0.717) is 9.26 Å². The Bertz CT molecular complexity index is 722. The molecule has 0 unspecified atom stereocenters. The van der Waals surface area contributed by atoms with Crippen molar-refractivity contribution < 1.29 is 4.39 Å². The molecule has 1 aromatic heterocycles. The molecular weight excluding hydrogens is 394 g/mol. The van der Waals surface area contributed by atoms with E-state index < -0.39 is 5.82 Å². The maximum Gasteiger partial charge on any atom is 0.264 e. The molecule has 106 valence electrons. The van der Waals surface area contributed by atoms with Crippen molar-refractivity contribution >= 4 is 34.2 Å². The van der Waals surface area contributed by atoms with Gasteiger partial charge in [-0.05, 0) is 34.7 Å². The number of rotatable bonds is 1. The second-order valence-electron chi connectivity index (χ2n) is 5.43. The zero-order chi connectivity index (χ0) is 15.1. The van der Waals surface area contributed by atoms with Crippen LogP contribution in [-0.4, -0.2) is 9.97 Å². The summed E-state index contributed by atoms with van der Waals surface area (Å²) < 4.78 is 14.6. The molecule has 1 N–H and O–H groups in total. The molecule has 0 bridgehead atoms. The SMILES string of the molecule is CC(C)(C)c1nc(-c2cccc(Cl)c2F)[nH]c(=O)c1I. The van der Waals surface area contributed by atoms with Crippen molar-refractivity contribution in [2.45, 2.75) is 26.2 Å². The third-order valence-electron chi connectivity index (χ3n) is 2.78. The summed E-state index contributed by atoms with van der Waals surface area (Å²) in [5.74, 6) is -0.390. The molecule has 0 amide bonds. The Hall–Kier alpha value is -0.950. The van der Waals surface area contributed by atoms with E-state index in [1.165, 1.54) is 6.07 Å². The van der Waals surface area contributed by atoms with Crippen molar-refractivity contribution in [3.8, 4) is 11.4 Å². The molecule has 3 nitrogen and oxygen atoms in total. The van der Waals surface area contributed by atoms with Gasteiger partial charge in [-0.1, -0.05) is 38.4 Å². The smallest absolute Gasteiger partial charge is 0.264 e. The quantitative estimate of drug-likeness (QED) is 0.724. The van der Waals surface area contributed by atoms with Crippen LogP contribution in [0.4, 0.5) is 4.39 Å². The predicted molar refractivity (Wildman–Crippen MR) is 86.7 cm³/mol. The first-order valence-corrected chi connectivity index (χ1v) is 7.42. The average molecular weight is 407 g/mol. The van der Waals surface area contributed by atoms with E-state index in [9.17, 15) is 9.18 Å². The Morgan fingerprint density at radius 1 is 1.35 bits per heavy atom. The van der Waals surface area contributed by atoms with E-state index in [2.05, 4.69) is 9.97 Å². The number of halogens is 3. The number of nitrogens with zero attached hydrogens (tertiary/aromatic N) is 1. The largest absolute Gasteiger partial charge is 0.306 e. The molecule has 2 rings (SSSR count). The van der Waals surface area contributed by atoms with Gasteiger partial charge in [0.2, 0.25) is 0 Å². The Balaban J connectivity index is 2.74. The zero-order valence-electron chi connectivity index (χ0n) is 11.2. The Kier molecular flexibility index (Phi) is 4.20. The summed E-state index contributed by atoms with van der Waals surface area (Å²) in [5.41, 5.74) is 0.238. The number of benzene rings is 1. The van der Waals surface area contributed by atoms with E-state index >= 15 is 0 Å². The van der Waals surface area contributed by atoms with Crippen molar-refractivity contribution in [2.75, 3.05) is 0 Å². The highest BCUT2D eigenvalue weighted by Crippen LogP contribution is 2.28. The van der Waals surface area contributed by atoms with E-state index in [4.69, 9.17) is 11.6 Å². The number of aromatic nitrogens is 2. The lowest BCUT2D eigenvalue weighted by Crippen LogP contribution is -2.24. The van der Waals surface area contributed by atoms with Crippen LogP contribution in [-0.2, 0) is 5.41 Å². The predicted octanol–water partition coefficient (Wildman–Crippen LogP) is 4.13. The van der Waals surface area contributed by atoms with Gasteiger partial charge in [0.05, 0.1) is 16.3 Å². The minimum absolute atomic E-state index is 0.000933. The van der Waals surface area contributed by atoms with Crippen molar-refractivity contribution in [1.29, 1.82) is 0 Å². The third kappa shape index (κ3) is 2.88. The van der Waals surface area contributed by atoms with Gasteiger partial charge >= 0.3 is 0 Å². The van der Waals surface area contributed by atoms with Crippen molar-refractivity contribution in [3.63, 3.8) is 0 Å². The van der Waals surface area contributed by atoms with Crippen LogP contribution in [0.2, 0.25) is 5.02 Å². The van der Waals surface area contributed by atoms with Crippen LogP contribution in [0.3, 0.4) is 0 Å². The van der Waals surface area contributed by atoms with E-state index in [1.54, 1.807) is 12.1 Å². The molecular formula is C14H13ClFIN2O. The lowest BCUT2D eigenvalue weighted by Gasteiger charge is -2.19. The topological polar surface area (TPSA) is 45.8 Å². The van der Waals surface area contributed by atoms with Gasteiger partial charge in [-0.3, -0.25) is 4.79 Å². The van der Waals surface area contributed by atoms with Crippen LogP contribution in [0, 0.1) is 9.39 Å². The molecule has 2 aromatic rings. The molecule has 0 saturated carbocycles. The van der Waals surface area contributed by atoms with Gasteiger partial charge in [0, 0.05) is 5.41 Å². The maximum absolute atomic E-state index is 14.1. The molecule has 1 aromatic carbocycles. The van der Waals surface area contributed by atoms with Crippen molar-refractivity contribution in [3.05, 3.63) is 48.7 Å². The van der Waals surface area contributed by atoms with Crippen LogP contribution in [0.5, 0.6) is 0 Å².